The lowest BCUT2D eigenvalue weighted by molar-refractivity contribution is -0.175. The number of nitrogens with zero attached hydrogens (tertiary/aromatic N) is 1. The number of hydrogen-bond acceptors (Lipinski definition) is 30. The third kappa shape index (κ3) is 22.0. The topological polar surface area (TPSA) is 401 Å². The van der Waals surface area contributed by atoms with E-state index in [4.69, 9.17) is 61.6 Å². The first-order valence-electron chi connectivity index (χ1n) is 48.1. The van der Waals surface area contributed by atoms with E-state index in [2.05, 4.69) is 15.5 Å². The van der Waals surface area contributed by atoms with Crippen molar-refractivity contribution >= 4 is 83.6 Å². The van der Waals surface area contributed by atoms with Gasteiger partial charge in [0.05, 0.1) is 121 Å². The highest BCUT2D eigenvalue weighted by Gasteiger charge is 2.73. The summed E-state index contributed by atoms with van der Waals surface area (Å²) in [6, 6.07) is 2.15. The number of carbonyl (C=O) groups excluding carboxylic acids is 14. The Balaban J connectivity index is 0.000000167. The predicted octanol–water partition coefficient (Wildman–Crippen LogP) is 14.6. The lowest BCUT2D eigenvalue weighted by Gasteiger charge is -2.38. The Labute approximate surface area is 769 Å². The molecule has 130 heavy (non-hydrogen) atoms. The van der Waals surface area contributed by atoms with Crippen LogP contribution in [-0.4, -0.2) is 187 Å². The van der Waals surface area contributed by atoms with Crippen molar-refractivity contribution < 1.29 is 138 Å². The van der Waals surface area contributed by atoms with Crippen molar-refractivity contribution in [2.75, 3.05) is 61.0 Å². The largest absolute Gasteiger partial charge is 0.469 e. The van der Waals surface area contributed by atoms with E-state index in [9.17, 15) is 72.4 Å². The lowest BCUT2D eigenvalue weighted by atomic mass is 9.64. The van der Waals surface area contributed by atoms with Crippen LogP contribution in [0.5, 0.6) is 0 Å². The van der Waals surface area contributed by atoms with Gasteiger partial charge in [-0.1, -0.05) is 48.5 Å². The Morgan fingerprint density at radius 2 is 0.838 bits per heavy atom. The average molecular weight is 1830 g/mol. The smallest absolute Gasteiger partial charge is 0.347 e. The minimum atomic E-state index is -0.974. The monoisotopic (exact) mass is 1830 g/mol. The summed E-state index contributed by atoms with van der Waals surface area (Å²) in [4.78, 5) is 161. The zero-order valence-electron chi connectivity index (χ0n) is 82.4. The SMILES string of the molecule is CCC(C)(C)C(=O)OC.CCC(C)(C)C(=O)OC.CCC(C)(C)C(=O)OC1(C)COC(=O)C1C.CCC(C)(C)C(=O)OC1C2CC(C1OC)C1C(=O)OCC21.CCC(C)(C)C(=O)OC1C2CC3C1OC(=O)C3(C#N)C2.CCC(C)(C)C(=O)OC1CCOC1=O.CCC(C)(C)C(=O)OC1COC(=O)C1.O=C1OCC2C3CC(C12)C1C2CCC(C2)C31.O=C1OCC2C3CCC(C3)C12. The third-order valence-corrected chi connectivity index (χ3v) is 33.7. The summed E-state index contributed by atoms with van der Waals surface area (Å²) in [5.74, 6) is 6.09. The zero-order valence-corrected chi connectivity index (χ0v) is 82.4. The second-order valence-corrected chi connectivity index (χ2v) is 44.0. The molecule has 30 heteroatoms. The molecule has 27 atom stereocenters. The van der Waals surface area contributed by atoms with Crippen molar-refractivity contribution in [3.63, 3.8) is 0 Å². The highest BCUT2D eigenvalue weighted by atomic mass is 16.6. The average Bonchev–Trinajstić information content (AvgIpc) is 1.64. The summed E-state index contributed by atoms with van der Waals surface area (Å²) in [6.07, 6.45) is 15.4. The third-order valence-electron chi connectivity index (χ3n) is 33.7. The number of fused-ring (bicyclic) bond motifs is 23. The van der Waals surface area contributed by atoms with E-state index in [0.29, 0.717) is 81.3 Å². The van der Waals surface area contributed by atoms with Crippen LogP contribution in [0, 0.1) is 167 Å². The van der Waals surface area contributed by atoms with Gasteiger partial charge in [-0.25, -0.2) is 4.79 Å². The highest BCUT2D eigenvalue weighted by molar-refractivity contribution is 5.86. The maximum atomic E-state index is 12.4. The maximum absolute atomic E-state index is 12.4. The molecule has 732 valence electrons. The number of hydrogen-bond donors (Lipinski definition) is 0. The first-order valence-corrected chi connectivity index (χ1v) is 48.1. The normalized spacial score (nSPS) is 35.4. The van der Waals surface area contributed by atoms with E-state index >= 15 is 0 Å². The molecule has 0 spiro atoms. The molecule has 0 aromatic rings. The van der Waals surface area contributed by atoms with Crippen molar-refractivity contribution in [2.45, 2.75) is 323 Å². The van der Waals surface area contributed by atoms with Crippen LogP contribution in [0.15, 0.2) is 0 Å². The van der Waals surface area contributed by atoms with Gasteiger partial charge < -0.3 is 71.1 Å². The second kappa shape index (κ2) is 41.9. The van der Waals surface area contributed by atoms with Crippen LogP contribution < -0.4 is 0 Å². The van der Waals surface area contributed by atoms with Gasteiger partial charge in [0.2, 0.25) is 6.10 Å². The molecule has 0 N–H and O–H groups in total. The van der Waals surface area contributed by atoms with Crippen LogP contribution in [0.1, 0.15) is 281 Å². The molecular weight excluding hydrogens is 1680 g/mol. The second-order valence-electron chi connectivity index (χ2n) is 44.0. The predicted molar refractivity (Wildman–Crippen MR) is 468 cm³/mol. The molecule has 17 fully saturated rings. The molecule has 27 unspecified atom stereocenters. The van der Waals surface area contributed by atoms with Crippen molar-refractivity contribution in [3.8, 4) is 6.07 Å². The minimum absolute atomic E-state index is 0.0610. The van der Waals surface area contributed by atoms with E-state index < -0.39 is 68.2 Å². The summed E-state index contributed by atoms with van der Waals surface area (Å²) < 4.78 is 77.1. The molecular formula is C100H153NO29. The summed E-state index contributed by atoms with van der Waals surface area (Å²) in [5.41, 5.74) is -4.95. The number of methoxy groups -OCH3 is 3. The van der Waals surface area contributed by atoms with E-state index in [1.165, 1.54) is 59.2 Å². The summed E-state index contributed by atoms with van der Waals surface area (Å²) >= 11 is 0. The molecule has 10 bridgehead atoms. The molecule has 0 radical (unpaired) electrons. The van der Waals surface area contributed by atoms with Crippen molar-refractivity contribution in [2.24, 2.45) is 156 Å². The Kier molecular flexibility index (Phi) is 34.1. The molecule has 7 aliphatic heterocycles. The molecule has 30 nitrogen and oxygen atoms in total. The van der Waals surface area contributed by atoms with Crippen LogP contribution in [0.25, 0.3) is 0 Å². The Morgan fingerprint density at radius 1 is 0.408 bits per heavy atom. The van der Waals surface area contributed by atoms with Crippen LogP contribution >= 0.6 is 0 Å². The highest BCUT2D eigenvalue weighted by Crippen LogP contribution is 2.72. The molecule has 0 aromatic heterocycles. The fraction of sp³-hybridized carbons (Fsp3) is 0.850. The molecule has 17 aliphatic rings. The van der Waals surface area contributed by atoms with E-state index in [1.807, 2.05) is 132 Å². The Morgan fingerprint density at radius 3 is 1.28 bits per heavy atom. The van der Waals surface area contributed by atoms with Gasteiger partial charge in [-0.3, -0.25) is 62.3 Å². The minimum Gasteiger partial charge on any atom is -0.469 e. The van der Waals surface area contributed by atoms with E-state index in [-0.39, 0.29) is 162 Å². The van der Waals surface area contributed by atoms with Gasteiger partial charge >= 0.3 is 83.6 Å². The Hall–Kier alpha value is -7.97. The molecule has 0 aromatic carbocycles. The fourth-order valence-corrected chi connectivity index (χ4v) is 21.9. The van der Waals surface area contributed by atoms with Gasteiger partial charge in [0.1, 0.15) is 37.6 Å². The number of carbonyl (C=O) groups is 14. The number of nitriles is 1. The van der Waals surface area contributed by atoms with Gasteiger partial charge in [0.25, 0.3) is 0 Å². The van der Waals surface area contributed by atoms with E-state index in [1.54, 1.807) is 34.8 Å². The van der Waals surface area contributed by atoms with Crippen molar-refractivity contribution in [1.82, 2.24) is 0 Å². The first kappa shape index (κ1) is 106. The van der Waals surface area contributed by atoms with Crippen LogP contribution in [0.4, 0.5) is 0 Å². The summed E-state index contributed by atoms with van der Waals surface area (Å²) in [5, 5.41) is 9.31. The Bertz CT molecular complexity index is 4140. The number of rotatable bonds is 20. The van der Waals surface area contributed by atoms with Gasteiger partial charge in [0.15, 0.2) is 11.0 Å². The number of ether oxygens (including phenoxy) is 15. The fourth-order valence-electron chi connectivity index (χ4n) is 21.9. The quantitative estimate of drug-likeness (QED) is 0.0620. The number of esters is 14. The molecule has 17 rings (SSSR count). The number of cyclic esters (lactones) is 6. The molecule has 7 heterocycles. The van der Waals surface area contributed by atoms with Gasteiger partial charge in [-0.15, -0.1) is 0 Å². The van der Waals surface area contributed by atoms with Crippen molar-refractivity contribution in [3.05, 3.63) is 0 Å². The van der Waals surface area contributed by atoms with Crippen LogP contribution in [0.2, 0.25) is 0 Å². The van der Waals surface area contributed by atoms with Gasteiger partial charge in [-0.2, -0.15) is 5.26 Å². The van der Waals surface area contributed by atoms with Crippen LogP contribution in [-0.2, 0) is 138 Å². The lowest BCUT2D eigenvalue weighted by Crippen LogP contribution is -2.47. The standard InChI is InChI=1S/C16H24O5.C15H19NO4.C14H18O2.C12H20O4.2C10H16O4.C9H12O2.2C7H14O2/c1-5-16(2,3)15(18)21-13-8-6-9(12(13)19-4)11-10(8)7-20-14(11)17;1-4-14(2,3)12(17)19-10-8-5-9-11(10)20-13(18)15(9,6-8)7-16;15-14-13-9-4-8(10(13)5-16-14)11-6-1-2-7(3-6)12(9)11;1-6-11(3,4)10(14)16-12(5)7-15-9(13)8(12)2;1-4-10(2,3)9(12)14-7-5-8(11)13-6-7;1-4-10(2,3)9(12)14-7-5-6-13-8(7)11;10-9-8-6-2-1-5(3-6)7(8)4-11-9;2*1-5-7(2,3)6(8)9-4/h8-13H,5-7H2,1-4H3;8-11H,4-6H2,1-3H3;6-13H,1-5H2;8H,6-7H2,1-5H3;2*7H,4-6H2,1-3H3;5-8H,1-4H2;2*5H2,1-4H3. The summed E-state index contributed by atoms with van der Waals surface area (Å²) in [7, 11) is 4.46. The van der Waals surface area contributed by atoms with Gasteiger partial charge in [0, 0.05) is 55.0 Å². The van der Waals surface area contributed by atoms with E-state index in [0.717, 1.165) is 86.7 Å². The molecule has 7 saturated heterocycles. The molecule has 10 aliphatic carbocycles. The maximum Gasteiger partial charge on any atom is 0.347 e. The summed E-state index contributed by atoms with van der Waals surface area (Å²) in [6.45, 7) is 45.7. The molecule has 0 amide bonds. The zero-order chi connectivity index (χ0) is 97.0. The van der Waals surface area contributed by atoms with Crippen molar-refractivity contribution in [1.29, 1.82) is 5.26 Å². The van der Waals surface area contributed by atoms with Crippen LogP contribution in [0.3, 0.4) is 0 Å². The molecule has 10 saturated carbocycles. The van der Waals surface area contributed by atoms with Gasteiger partial charge in [-0.05, 0) is 267 Å². The first-order chi connectivity index (χ1) is 60.7.